The molecular weight excluding hydrogens is 467 g/mol. The van der Waals surface area contributed by atoms with Crippen molar-refractivity contribution in [1.29, 1.82) is 0 Å². The Hall–Kier alpha value is -2.21. The number of carbonyl (C=O) groups is 2. The molecule has 12 heteroatoms. The maximum atomic E-state index is 13.8. The molecule has 0 radical (unpaired) electrons. The lowest BCUT2D eigenvalue weighted by molar-refractivity contribution is -0.191. The first-order valence-corrected chi connectivity index (χ1v) is 12.3. The van der Waals surface area contributed by atoms with Crippen molar-refractivity contribution in [3.63, 3.8) is 0 Å². The highest BCUT2D eigenvalue weighted by Gasteiger charge is 2.61. The Morgan fingerprint density at radius 1 is 1.17 bits per heavy atom. The van der Waals surface area contributed by atoms with Crippen LogP contribution in [0.25, 0.3) is 0 Å². The lowest BCUT2D eigenvalue weighted by Gasteiger charge is -2.36. The van der Waals surface area contributed by atoms with Gasteiger partial charge in [-0.3, -0.25) is 9.59 Å². The summed E-state index contributed by atoms with van der Waals surface area (Å²) in [6.07, 6.45) is -2.61. The van der Waals surface area contributed by atoms with Gasteiger partial charge >= 0.3 is 6.18 Å². The number of carbonyl (C=O) groups excluding carboxylic acids is 2. The van der Waals surface area contributed by atoms with Crippen LogP contribution in [-0.4, -0.2) is 79.9 Å². The van der Waals surface area contributed by atoms with Gasteiger partial charge in [0, 0.05) is 25.1 Å². The lowest BCUT2D eigenvalue weighted by Crippen LogP contribution is -2.57. The number of alkyl halides is 3. The van der Waals surface area contributed by atoms with E-state index in [4.69, 9.17) is 4.74 Å². The molecule has 1 saturated carbocycles. The van der Waals surface area contributed by atoms with Crippen LogP contribution in [0.15, 0.2) is 6.20 Å². The van der Waals surface area contributed by atoms with E-state index in [1.54, 1.807) is 6.20 Å². The average Bonchev–Trinajstić information content (AvgIpc) is 3.10. The number of halogens is 3. The highest BCUT2D eigenvalue weighted by molar-refractivity contribution is 5.90. The van der Waals surface area contributed by atoms with Crippen molar-refractivity contribution in [3.8, 4) is 0 Å². The zero-order valence-corrected chi connectivity index (χ0v) is 20.0. The molecule has 1 aliphatic carbocycles. The molecule has 4 aliphatic rings. The minimum absolute atomic E-state index is 0.0442. The van der Waals surface area contributed by atoms with Crippen molar-refractivity contribution in [1.82, 2.24) is 25.2 Å². The smallest absolute Gasteiger partial charge is 0.391 e. The summed E-state index contributed by atoms with van der Waals surface area (Å²) in [5.74, 6) is -2.55. The molecule has 4 heterocycles. The number of aliphatic hydroxyl groups is 1. The zero-order valence-electron chi connectivity index (χ0n) is 20.0. The SMILES string of the molecule is CC(C)(C)[C@@H](C(=O)N1C[C@H](O)C[C@H]1C(=O)N[C@@H]1[C@@H](C(F)(F)F)[C@@H]2CC[C@H]1O2)n1cc(C2CC2)nn1. The van der Waals surface area contributed by atoms with E-state index < -0.39 is 65.8 Å². The minimum atomic E-state index is -4.51. The molecule has 3 saturated heterocycles. The van der Waals surface area contributed by atoms with Crippen molar-refractivity contribution >= 4 is 11.8 Å². The Morgan fingerprint density at radius 2 is 1.86 bits per heavy atom. The summed E-state index contributed by atoms with van der Waals surface area (Å²) in [6, 6.07) is -3.08. The van der Waals surface area contributed by atoms with Gasteiger partial charge in [-0.2, -0.15) is 13.2 Å². The van der Waals surface area contributed by atoms with E-state index in [0.29, 0.717) is 18.8 Å². The number of hydrogen-bond acceptors (Lipinski definition) is 6. The minimum Gasteiger partial charge on any atom is -0.391 e. The summed E-state index contributed by atoms with van der Waals surface area (Å²) >= 11 is 0. The number of hydrogen-bond donors (Lipinski definition) is 2. The van der Waals surface area contributed by atoms with Crippen LogP contribution >= 0.6 is 0 Å². The van der Waals surface area contributed by atoms with Crippen LogP contribution < -0.4 is 5.32 Å². The van der Waals surface area contributed by atoms with Crippen molar-refractivity contribution in [2.45, 2.75) is 101 Å². The fourth-order valence-electron chi connectivity index (χ4n) is 5.86. The van der Waals surface area contributed by atoms with Crippen molar-refractivity contribution < 1.29 is 32.6 Å². The van der Waals surface area contributed by atoms with Crippen LogP contribution in [-0.2, 0) is 14.3 Å². The zero-order chi connectivity index (χ0) is 25.3. The summed E-state index contributed by atoms with van der Waals surface area (Å²) in [6.45, 7) is 5.53. The normalized spacial score (nSPS) is 33.9. The molecular formula is C23H32F3N5O4. The van der Waals surface area contributed by atoms with E-state index in [9.17, 15) is 27.9 Å². The maximum Gasteiger partial charge on any atom is 0.396 e. The number of nitrogens with zero attached hydrogens (tertiary/aromatic N) is 4. The average molecular weight is 500 g/mol. The summed E-state index contributed by atoms with van der Waals surface area (Å²) in [4.78, 5) is 28.3. The fraction of sp³-hybridized carbons (Fsp3) is 0.826. The molecule has 3 aliphatic heterocycles. The van der Waals surface area contributed by atoms with Crippen LogP contribution in [0.3, 0.4) is 0 Å². The monoisotopic (exact) mass is 499 g/mol. The van der Waals surface area contributed by atoms with Crippen LogP contribution in [0.1, 0.15) is 70.5 Å². The van der Waals surface area contributed by atoms with Gasteiger partial charge < -0.3 is 20.1 Å². The van der Waals surface area contributed by atoms with E-state index in [-0.39, 0.29) is 13.0 Å². The first-order valence-electron chi connectivity index (χ1n) is 12.3. The van der Waals surface area contributed by atoms with Crippen LogP contribution in [0.4, 0.5) is 13.2 Å². The molecule has 0 spiro atoms. The Bertz CT molecular complexity index is 989. The second-order valence-corrected chi connectivity index (χ2v) is 11.5. The number of nitrogens with one attached hydrogen (secondary N) is 1. The largest absolute Gasteiger partial charge is 0.396 e. The Balaban J connectivity index is 1.36. The van der Waals surface area contributed by atoms with E-state index in [1.165, 1.54) is 9.58 Å². The van der Waals surface area contributed by atoms with Gasteiger partial charge in [0.05, 0.1) is 30.0 Å². The number of amides is 2. The van der Waals surface area contributed by atoms with Gasteiger partial charge in [-0.25, -0.2) is 4.68 Å². The molecule has 7 atom stereocenters. The maximum absolute atomic E-state index is 13.8. The van der Waals surface area contributed by atoms with Crippen molar-refractivity contribution in [2.24, 2.45) is 11.3 Å². The van der Waals surface area contributed by atoms with E-state index >= 15 is 0 Å². The van der Waals surface area contributed by atoms with Crippen LogP contribution in [0.5, 0.6) is 0 Å². The predicted octanol–water partition coefficient (Wildman–Crippen LogP) is 1.93. The molecule has 1 aromatic rings. The van der Waals surface area contributed by atoms with Gasteiger partial charge in [0.2, 0.25) is 11.8 Å². The lowest BCUT2D eigenvalue weighted by atomic mass is 9.83. The van der Waals surface area contributed by atoms with Gasteiger partial charge in [0.25, 0.3) is 0 Å². The fourth-order valence-corrected chi connectivity index (χ4v) is 5.86. The Kier molecular flexibility index (Phi) is 5.90. The molecule has 2 amide bonds. The Morgan fingerprint density at radius 3 is 2.49 bits per heavy atom. The summed E-state index contributed by atoms with van der Waals surface area (Å²) < 4.78 is 48.1. The second-order valence-electron chi connectivity index (χ2n) is 11.5. The van der Waals surface area contributed by atoms with Gasteiger partial charge in [-0.1, -0.05) is 26.0 Å². The summed E-state index contributed by atoms with van der Waals surface area (Å²) in [5, 5.41) is 21.3. The first kappa shape index (κ1) is 24.5. The molecule has 5 rings (SSSR count). The number of aliphatic hydroxyl groups excluding tert-OH is 1. The van der Waals surface area contributed by atoms with E-state index in [1.807, 2.05) is 20.8 Å². The van der Waals surface area contributed by atoms with E-state index in [2.05, 4.69) is 15.6 Å². The molecule has 2 N–H and O–H groups in total. The number of fused-ring (bicyclic) bond motifs is 2. The van der Waals surface area contributed by atoms with Crippen LogP contribution in [0, 0.1) is 11.3 Å². The van der Waals surface area contributed by atoms with Gasteiger partial charge in [0.15, 0.2) is 0 Å². The molecule has 4 fully saturated rings. The quantitative estimate of drug-likeness (QED) is 0.641. The third-order valence-electron chi connectivity index (χ3n) is 7.67. The highest BCUT2D eigenvalue weighted by Crippen LogP contribution is 2.47. The number of aromatic nitrogens is 3. The molecule has 194 valence electrons. The standard InChI is InChI=1S/C23H32F3N5O4/c1-22(2,3)19(31-10-13(28-29-31)11-4-5-11)21(34)30-9-12(32)8-14(30)20(33)27-18-16-7-6-15(35-16)17(18)23(24,25)26/h10-12,14-19,32H,4-9H2,1-3H3,(H,27,33)/t12-,14+,15+,16-,17+,18+,19-/m1/s1. The number of ether oxygens (including phenoxy) is 1. The third-order valence-corrected chi connectivity index (χ3v) is 7.67. The topological polar surface area (TPSA) is 110 Å². The number of likely N-dealkylation sites (tertiary alicyclic amines) is 1. The molecule has 1 aromatic heterocycles. The summed E-state index contributed by atoms with van der Waals surface area (Å²) in [7, 11) is 0. The molecule has 2 bridgehead atoms. The van der Waals surface area contributed by atoms with Gasteiger partial charge in [-0.15, -0.1) is 5.10 Å². The number of rotatable bonds is 5. The van der Waals surface area contributed by atoms with Gasteiger partial charge in [0.1, 0.15) is 18.0 Å². The predicted molar refractivity (Wildman–Crippen MR) is 116 cm³/mol. The first-order chi connectivity index (χ1) is 16.3. The molecule has 0 unspecified atom stereocenters. The Labute approximate surface area is 201 Å². The highest BCUT2D eigenvalue weighted by atomic mass is 19.4. The van der Waals surface area contributed by atoms with Crippen LogP contribution in [0.2, 0.25) is 0 Å². The van der Waals surface area contributed by atoms with Crippen molar-refractivity contribution in [3.05, 3.63) is 11.9 Å². The third kappa shape index (κ3) is 4.54. The van der Waals surface area contributed by atoms with Gasteiger partial charge in [-0.05, 0) is 31.1 Å². The number of β-amino-alcohol motifs (C(OH)–C–C–N with tert-alkyl or cyclic N) is 1. The molecule has 0 aromatic carbocycles. The van der Waals surface area contributed by atoms with E-state index in [0.717, 1.165) is 18.5 Å². The second kappa shape index (κ2) is 8.43. The summed E-state index contributed by atoms with van der Waals surface area (Å²) in [5.41, 5.74) is 0.220. The molecule has 35 heavy (non-hydrogen) atoms. The van der Waals surface area contributed by atoms with Crippen molar-refractivity contribution in [2.75, 3.05) is 6.54 Å². The molecule has 9 nitrogen and oxygen atoms in total.